The first kappa shape index (κ1) is 13.1. The van der Waals surface area contributed by atoms with E-state index in [-0.39, 0.29) is 6.10 Å². The first-order valence-corrected chi connectivity index (χ1v) is 5.98. The second-order valence-electron chi connectivity index (χ2n) is 4.80. The molecule has 1 aromatic carbocycles. The van der Waals surface area contributed by atoms with Crippen LogP contribution >= 0.6 is 0 Å². The average molecular weight is 250 g/mol. The molecule has 0 amide bonds. The minimum absolute atomic E-state index is 0.0463. The number of benzene rings is 1. The summed E-state index contributed by atoms with van der Waals surface area (Å²) in [6, 6.07) is 5.44. The largest absolute Gasteiger partial charge is 0.496 e. The zero-order valence-corrected chi connectivity index (χ0v) is 10.9. The van der Waals surface area contributed by atoms with Crippen LogP contribution in [0.3, 0.4) is 0 Å². The average Bonchev–Trinajstić information content (AvgIpc) is 2.69. The highest BCUT2D eigenvalue weighted by atomic mass is 16.7. The van der Waals surface area contributed by atoms with Crippen LogP contribution in [0.1, 0.15) is 29.8 Å². The van der Waals surface area contributed by atoms with Gasteiger partial charge in [0.2, 0.25) is 0 Å². The molecule has 1 heterocycles. The summed E-state index contributed by atoms with van der Waals surface area (Å²) < 4.78 is 16.6. The van der Waals surface area contributed by atoms with Gasteiger partial charge in [-0.2, -0.15) is 0 Å². The fraction of sp³-hybridized carbons (Fsp3) is 0.500. The molecule has 1 unspecified atom stereocenters. The number of hydrogen-bond donors (Lipinski definition) is 0. The molecule has 4 heteroatoms. The van der Waals surface area contributed by atoms with Crippen LogP contribution in [0.15, 0.2) is 18.2 Å². The monoisotopic (exact) mass is 250 g/mol. The van der Waals surface area contributed by atoms with Crippen molar-refractivity contribution in [2.45, 2.75) is 32.2 Å². The van der Waals surface area contributed by atoms with Gasteiger partial charge in [-0.25, -0.2) is 0 Å². The molecule has 1 atom stereocenters. The van der Waals surface area contributed by atoms with Crippen molar-refractivity contribution in [2.75, 3.05) is 13.7 Å². The van der Waals surface area contributed by atoms with Crippen LogP contribution in [0.4, 0.5) is 0 Å². The summed E-state index contributed by atoms with van der Waals surface area (Å²) in [4.78, 5) is 11.1. The van der Waals surface area contributed by atoms with Crippen LogP contribution in [-0.2, 0) is 15.9 Å². The molecule has 0 bridgehead atoms. The maximum Gasteiger partial charge on any atom is 0.163 e. The van der Waals surface area contributed by atoms with E-state index >= 15 is 0 Å². The van der Waals surface area contributed by atoms with E-state index in [1.807, 2.05) is 26.0 Å². The van der Waals surface area contributed by atoms with E-state index in [2.05, 4.69) is 0 Å². The minimum atomic E-state index is -0.548. The fourth-order valence-corrected chi connectivity index (χ4v) is 2.19. The second kappa shape index (κ2) is 5.08. The van der Waals surface area contributed by atoms with Gasteiger partial charge >= 0.3 is 0 Å². The highest BCUT2D eigenvalue weighted by Gasteiger charge is 2.33. The third-order valence-electron chi connectivity index (χ3n) is 3.02. The smallest absolute Gasteiger partial charge is 0.163 e. The van der Waals surface area contributed by atoms with E-state index in [0.717, 1.165) is 11.8 Å². The van der Waals surface area contributed by atoms with E-state index in [4.69, 9.17) is 14.2 Å². The minimum Gasteiger partial charge on any atom is -0.496 e. The zero-order chi connectivity index (χ0) is 13.2. The quantitative estimate of drug-likeness (QED) is 0.768. The van der Waals surface area contributed by atoms with Gasteiger partial charge in [-0.05, 0) is 19.9 Å². The van der Waals surface area contributed by atoms with Gasteiger partial charge in [0, 0.05) is 17.5 Å². The first-order valence-electron chi connectivity index (χ1n) is 5.98. The van der Waals surface area contributed by atoms with Crippen molar-refractivity contribution in [3.8, 4) is 5.75 Å². The molecular weight excluding hydrogens is 232 g/mol. The third-order valence-corrected chi connectivity index (χ3v) is 3.02. The number of methoxy groups -OCH3 is 1. The Balaban J connectivity index is 2.20. The molecule has 1 fully saturated rings. The van der Waals surface area contributed by atoms with E-state index < -0.39 is 5.79 Å². The van der Waals surface area contributed by atoms with Crippen LogP contribution in [0.25, 0.3) is 0 Å². The lowest BCUT2D eigenvalue weighted by Gasteiger charge is -2.18. The summed E-state index contributed by atoms with van der Waals surface area (Å²) in [5.41, 5.74) is 1.52. The lowest BCUT2D eigenvalue weighted by atomic mass is 10.0. The molecule has 0 N–H and O–H groups in total. The lowest BCUT2D eigenvalue weighted by molar-refractivity contribution is -0.138. The summed E-state index contributed by atoms with van der Waals surface area (Å²) in [6.45, 7) is 4.30. The number of aldehydes is 1. The van der Waals surface area contributed by atoms with Gasteiger partial charge in [-0.3, -0.25) is 4.79 Å². The molecule has 0 aliphatic carbocycles. The molecule has 18 heavy (non-hydrogen) atoms. The maximum atomic E-state index is 11.1. The Bertz CT molecular complexity index is 439. The van der Waals surface area contributed by atoms with Gasteiger partial charge in [0.25, 0.3) is 0 Å². The van der Waals surface area contributed by atoms with Crippen molar-refractivity contribution in [1.29, 1.82) is 0 Å². The van der Waals surface area contributed by atoms with Crippen molar-refractivity contribution in [3.63, 3.8) is 0 Å². The normalized spacial score (nSPS) is 21.8. The summed E-state index contributed by atoms with van der Waals surface area (Å²) >= 11 is 0. The maximum absolute atomic E-state index is 11.1. The SMILES string of the molecule is COc1cccc(C=O)c1CC1COC(C)(C)O1. The predicted molar refractivity (Wildman–Crippen MR) is 67.0 cm³/mol. The Labute approximate surface area is 107 Å². The number of ether oxygens (including phenoxy) is 3. The van der Waals surface area contributed by atoms with Gasteiger partial charge < -0.3 is 14.2 Å². The standard InChI is InChI=1S/C14H18O4/c1-14(2)17-9-11(18-14)7-12-10(8-15)5-4-6-13(12)16-3/h4-6,8,11H,7,9H2,1-3H3. The number of hydrogen-bond acceptors (Lipinski definition) is 4. The van der Waals surface area contributed by atoms with E-state index in [1.54, 1.807) is 13.2 Å². The van der Waals surface area contributed by atoms with Crippen LogP contribution in [0.2, 0.25) is 0 Å². The van der Waals surface area contributed by atoms with Crippen LogP contribution < -0.4 is 4.74 Å². The molecule has 98 valence electrons. The highest BCUT2D eigenvalue weighted by Crippen LogP contribution is 2.29. The molecule has 1 saturated heterocycles. The molecule has 1 aliphatic rings. The Morgan fingerprint density at radius 3 is 2.83 bits per heavy atom. The number of carbonyl (C=O) groups is 1. The molecule has 0 saturated carbocycles. The summed E-state index contributed by atoms with van der Waals surface area (Å²) in [6.07, 6.45) is 1.41. The van der Waals surface area contributed by atoms with Gasteiger partial charge in [0.15, 0.2) is 5.79 Å². The van der Waals surface area contributed by atoms with Crippen molar-refractivity contribution in [3.05, 3.63) is 29.3 Å². The van der Waals surface area contributed by atoms with E-state index in [1.165, 1.54) is 0 Å². The van der Waals surface area contributed by atoms with E-state index in [0.29, 0.717) is 24.3 Å². The zero-order valence-electron chi connectivity index (χ0n) is 10.9. The summed E-state index contributed by atoms with van der Waals surface area (Å²) in [7, 11) is 1.60. The fourth-order valence-electron chi connectivity index (χ4n) is 2.19. The Morgan fingerprint density at radius 1 is 1.50 bits per heavy atom. The molecule has 0 spiro atoms. The summed E-state index contributed by atoms with van der Waals surface area (Å²) in [5.74, 6) is 0.168. The third kappa shape index (κ3) is 2.71. The molecule has 0 radical (unpaired) electrons. The van der Waals surface area contributed by atoms with Crippen molar-refractivity contribution in [2.24, 2.45) is 0 Å². The topological polar surface area (TPSA) is 44.8 Å². The van der Waals surface area contributed by atoms with Gasteiger partial charge in [-0.15, -0.1) is 0 Å². The Kier molecular flexibility index (Phi) is 3.68. The van der Waals surface area contributed by atoms with Gasteiger partial charge in [0.1, 0.15) is 12.0 Å². The first-order chi connectivity index (χ1) is 8.55. The van der Waals surface area contributed by atoms with Crippen molar-refractivity contribution in [1.82, 2.24) is 0 Å². The Morgan fingerprint density at radius 2 is 2.28 bits per heavy atom. The Hall–Kier alpha value is -1.39. The second-order valence-corrected chi connectivity index (χ2v) is 4.80. The highest BCUT2D eigenvalue weighted by molar-refractivity contribution is 5.78. The molecule has 1 aromatic rings. The van der Waals surface area contributed by atoms with Crippen molar-refractivity contribution < 1.29 is 19.0 Å². The molecule has 0 aromatic heterocycles. The molecule has 2 rings (SSSR count). The number of rotatable bonds is 4. The lowest BCUT2D eigenvalue weighted by Crippen LogP contribution is -2.22. The summed E-state index contributed by atoms with van der Waals surface area (Å²) in [5, 5.41) is 0. The van der Waals surface area contributed by atoms with Gasteiger partial charge in [-0.1, -0.05) is 12.1 Å². The van der Waals surface area contributed by atoms with Crippen LogP contribution in [-0.4, -0.2) is 31.9 Å². The molecular formula is C14H18O4. The van der Waals surface area contributed by atoms with Gasteiger partial charge in [0.05, 0.1) is 19.8 Å². The number of carbonyl (C=O) groups excluding carboxylic acids is 1. The van der Waals surface area contributed by atoms with Crippen molar-refractivity contribution >= 4 is 6.29 Å². The molecule has 1 aliphatic heterocycles. The van der Waals surface area contributed by atoms with Crippen LogP contribution in [0, 0.1) is 0 Å². The van der Waals surface area contributed by atoms with E-state index in [9.17, 15) is 4.79 Å². The predicted octanol–water partition coefficient (Wildman–Crippen LogP) is 2.20. The van der Waals surface area contributed by atoms with Crippen LogP contribution in [0.5, 0.6) is 5.75 Å². The molecule has 4 nitrogen and oxygen atoms in total.